The maximum atomic E-state index is 13.0. The first-order chi connectivity index (χ1) is 10.0. The number of carboxylic acid groups (broad SMARTS) is 1. The summed E-state index contributed by atoms with van der Waals surface area (Å²) in [5, 5.41) is 9.00. The summed E-state index contributed by atoms with van der Waals surface area (Å²) in [4.78, 5) is 24.7. The number of amides is 1. The van der Waals surface area contributed by atoms with Crippen LogP contribution in [0.4, 0.5) is 13.2 Å². The molecule has 22 heavy (non-hydrogen) atoms. The summed E-state index contributed by atoms with van der Waals surface area (Å²) in [6, 6.07) is 0. The standard InChI is InChI=1S/C15H22F3NO3/c1-14(2)5-3-4-9(6-14)12(20)19-7-10(13(21)22)11(8-19)15(16,17)18/h9-11H,3-8H2,1-2H3,(H,21,22)/t9?,10-,11-/m1/s1. The molecule has 4 nitrogen and oxygen atoms in total. The third-order valence-electron chi connectivity index (χ3n) is 4.92. The smallest absolute Gasteiger partial charge is 0.394 e. The number of carbonyl (C=O) groups is 2. The van der Waals surface area contributed by atoms with E-state index in [1.54, 1.807) is 0 Å². The Hall–Kier alpha value is -1.27. The average Bonchev–Trinajstić information content (AvgIpc) is 2.81. The summed E-state index contributed by atoms with van der Waals surface area (Å²) < 4.78 is 38.9. The van der Waals surface area contributed by atoms with Crippen molar-refractivity contribution in [3.63, 3.8) is 0 Å². The SMILES string of the molecule is CC1(C)CCCC(C(=O)N2C[C@@H](C(F)(F)F)[C@H](C(=O)O)C2)C1. The van der Waals surface area contributed by atoms with Gasteiger partial charge in [0.1, 0.15) is 0 Å². The summed E-state index contributed by atoms with van der Waals surface area (Å²) in [7, 11) is 0. The molecule has 1 aliphatic carbocycles. The van der Waals surface area contributed by atoms with E-state index in [1.165, 1.54) is 0 Å². The molecule has 1 unspecified atom stereocenters. The van der Waals surface area contributed by atoms with E-state index in [4.69, 9.17) is 5.11 Å². The van der Waals surface area contributed by atoms with Gasteiger partial charge in [-0.1, -0.05) is 20.3 Å². The molecular weight excluding hydrogens is 299 g/mol. The van der Waals surface area contributed by atoms with Crippen molar-refractivity contribution in [2.45, 2.75) is 45.7 Å². The highest BCUT2D eigenvalue weighted by Crippen LogP contribution is 2.42. The molecule has 1 aliphatic heterocycles. The van der Waals surface area contributed by atoms with Crippen molar-refractivity contribution in [2.24, 2.45) is 23.2 Å². The molecule has 0 aromatic heterocycles. The zero-order chi connectivity index (χ0) is 16.7. The third kappa shape index (κ3) is 3.55. The minimum absolute atomic E-state index is 0.00787. The molecule has 1 saturated carbocycles. The van der Waals surface area contributed by atoms with Gasteiger partial charge in [0.15, 0.2) is 0 Å². The topological polar surface area (TPSA) is 57.6 Å². The molecule has 2 aliphatic rings. The number of aliphatic carboxylic acids is 1. The lowest BCUT2D eigenvalue weighted by atomic mass is 9.72. The van der Waals surface area contributed by atoms with Crippen LogP contribution in [-0.4, -0.2) is 41.1 Å². The second-order valence-corrected chi connectivity index (χ2v) is 7.29. The van der Waals surface area contributed by atoms with E-state index in [9.17, 15) is 22.8 Å². The minimum atomic E-state index is -4.59. The van der Waals surface area contributed by atoms with Crippen LogP contribution in [0.3, 0.4) is 0 Å². The number of carbonyl (C=O) groups excluding carboxylic acids is 1. The molecule has 3 atom stereocenters. The Morgan fingerprint density at radius 3 is 2.32 bits per heavy atom. The Labute approximate surface area is 127 Å². The lowest BCUT2D eigenvalue weighted by molar-refractivity contribution is -0.188. The second-order valence-electron chi connectivity index (χ2n) is 7.29. The van der Waals surface area contributed by atoms with E-state index in [2.05, 4.69) is 13.8 Å². The summed E-state index contributed by atoms with van der Waals surface area (Å²) in [5.74, 6) is -5.61. The lowest BCUT2D eigenvalue weighted by Crippen LogP contribution is -2.39. The number of hydrogen-bond acceptors (Lipinski definition) is 2. The fourth-order valence-corrected chi connectivity index (χ4v) is 3.73. The third-order valence-corrected chi connectivity index (χ3v) is 4.92. The number of likely N-dealkylation sites (tertiary alicyclic amines) is 1. The molecule has 1 N–H and O–H groups in total. The van der Waals surface area contributed by atoms with Crippen molar-refractivity contribution in [1.29, 1.82) is 0 Å². The van der Waals surface area contributed by atoms with E-state index < -0.39 is 30.5 Å². The lowest BCUT2D eigenvalue weighted by Gasteiger charge is -2.36. The fraction of sp³-hybridized carbons (Fsp3) is 0.867. The monoisotopic (exact) mass is 321 g/mol. The van der Waals surface area contributed by atoms with Gasteiger partial charge in [0.05, 0.1) is 11.8 Å². The zero-order valence-electron chi connectivity index (χ0n) is 12.8. The highest BCUT2D eigenvalue weighted by atomic mass is 19.4. The maximum absolute atomic E-state index is 13.0. The van der Waals surface area contributed by atoms with Crippen molar-refractivity contribution >= 4 is 11.9 Å². The molecule has 0 bridgehead atoms. The van der Waals surface area contributed by atoms with Gasteiger partial charge < -0.3 is 10.0 Å². The van der Waals surface area contributed by atoms with Gasteiger partial charge in [-0.3, -0.25) is 9.59 Å². The van der Waals surface area contributed by atoms with Crippen LogP contribution in [0.15, 0.2) is 0 Å². The molecule has 2 rings (SSSR count). The molecule has 1 heterocycles. The predicted octanol–water partition coefficient (Wildman–Crippen LogP) is 2.92. The van der Waals surface area contributed by atoms with Gasteiger partial charge in [0.25, 0.3) is 0 Å². The van der Waals surface area contributed by atoms with Gasteiger partial charge in [-0.05, 0) is 24.7 Å². The van der Waals surface area contributed by atoms with E-state index >= 15 is 0 Å². The Balaban J connectivity index is 2.10. The van der Waals surface area contributed by atoms with Crippen LogP contribution in [0.2, 0.25) is 0 Å². The largest absolute Gasteiger partial charge is 0.481 e. The molecule has 1 amide bonds. The van der Waals surface area contributed by atoms with Gasteiger partial charge in [-0.2, -0.15) is 13.2 Å². The summed E-state index contributed by atoms with van der Waals surface area (Å²) in [5.41, 5.74) is 0.00787. The average molecular weight is 321 g/mol. The summed E-state index contributed by atoms with van der Waals surface area (Å²) in [6.07, 6.45) is -1.39. The van der Waals surface area contributed by atoms with Crippen LogP contribution < -0.4 is 0 Å². The van der Waals surface area contributed by atoms with Crippen LogP contribution in [0.25, 0.3) is 0 Å². The summed E-state index contributed by atoms with van der Waals surface area (Å²) >= 11 is 0. The van der Waals surface area contributed by atoms with Gasteiger partial charge in [0.2, 0.25) is 5.91 Å². The van der Waals surface area contributed by atoms with Gasteiger partial charge in [-0.25, -0.2) is 0 Å². The normalized spacial score (nSPS) is 32.0. The first-order valence-corrected chi connectivity index (χ1v) is 7.59. The first kappa shape index (κ1) is 17.1. The number of halogens is 3. The van der Waals surface area contributed by atoms with Crippen molar-refractivity contribution in [2.75, 3.05) is 13.1 Å². The van der Waals surface area contributed by atoms with E-state index in [0.717, 1.165) is 17.7 Å². The predicted molar refractivity (Wildman–Crippen MR) is 73.0 cm³/mol. The number of carboxylic acids is 1. The number of nitrogens with zero attached hydrogens (tertiary/aromatic N) is 1. The van der Waals surface area contributed by atoms with Crippen molar-refractivity contribution in [1.82, 2.24) is 4.90 Å². The molecule has 1 saturated heterocycles. The van der Waals surface area contributed by atoms with Crippen LogP contribution in [-0.2, 0) is 9.59 Å². The minimum Gasteiger partial charge on any atom is -0.481 e. The molecular formula is C15H22F3NO3. The van der Waals surface area contributed by atoms with Crippen molar-refractivity contribution < 1.29 is 27.9 Å². The van der Waals surface area contributed by atoms with E-state index in [0.29, 0.717) is 12.8 Å². The Kier molecular flexibility index (Phi) is 4.46. The number of rotatable bonds is 2. The van der Waals surface area contributed by atoms with Crippen LogP contribution in [0.1, 0.15) is 39.5 Å². The molecule has 0 radical (unpaired) electrons. The van der Waals surface area contributed by atoms with E-state index in [-0.39, 0.29) is 23.8 Å². The Bertz CT molecular complexity index is 461. The highest BCUT2D eigenvalue weighted by Gasteiger charge is 2.54. The molecule has 0 aromatic carbocycles. The zero-order valence-corrected chi connectivity index (χ0v) is 12.8. The summed E-state index contributed by atoms with van der Waals surface area (Å²) in [6.45, 7) is 3.23. The van der Waals surface area contributed by atoms with Crippen molar-refractivity contribution in [3.05, 3.63) is 0 Å². The Morgan fingerprint density at radius 2 is 1.86 bits per heavy atom. The van der Waals surface area contributed by atoms with Crippen molar-refractivity contribution in [3.8, 4) is 0 Å². The highest BCUT2D eigenvalue weighted by molar-refractivity contribution is 5.81. The molecule has 2 fully saturated rings. The first-order valence-electron chi connectivity index (χ1n) is 7.59. The quantitative estimate of drug-likeness (QED) is 0.851. The molecule has 0 aromatic rings. The molecule has 126 valence electrons. The maximum Gasteiger partial charge on any atom is 0.394 e. The van der Waals surface area contributed by atoms with Crippen LogP contribution in [0, 0.1) is 23.2 Å². The van der Waals surface area contributed by atoms with Gasteiger partial charge in [0, 0.05) is 19.0 Å². The number of alkyl halides is 3. The molecule has 7 heteroatoms. The fourth-order valence-electron chi connectivity index (χ4n) is 3.73. The molecule has 0 spiro atoms. The van der Waals surface area contributed by atoms with Gasteiger partial charge in [-0.15, -0.1) is 0 Å². The Morgan fingerprint density at radius 1 is 1.23 bits per heavy atom. The van der Waals surface area contributed by atoms with E-state index in [1.807, 2.05) is 0 Å². The number of hydrogen-bond donors (Lipinski definition) is 1. The van der Waals surface area contributed by atoms with Crippen LogP contribution >= 0.6 is 0 Å². The second kappa shape index (κ2) is 5.74. The van der Waals surface area contributed by atoms with Gasteiger partial charge >= 0.3 is 12.1 Å². The van der Waals surface area contributed by atoms with Crippen LogP contribution in [0.5, 0.6) is 0 Å².